The summed E-state index contributed by atoms with van der Waals surface area (Å²) < 4.78 is 0. The predicted octanol–water partition coefficient (Wildman–Crippen LogP) is 2.17. The van der Waals surface area contributed by atoms with E-state index in [-0.39, 0.29) is 6.03 Å². The zero-order chi connectivity index (χ0) is 15.4. The monoisotopic (exact) mass is 288 g/mol. The second-order valence-corrected chi connectivity index (χ2v) is 5.42. The molecular weight excluding hydrogens is 268 g/mol. The Bertz CT molecular complexity index is 577. The van der Waals surface area contributed by atoms with E-state index in [4.69, 9.17) is 0 Å². The van der Waals surface area contributed by atoms with Gasteiger partial charge in [-0.3, -0.25) is 0 Å². The highest BCUT2D eigenvalue weighted by Crippen LogP contribution is 2.23. The highest BCUT2D eigenvalue weighted by atomic mass is 16.4. The van der Waals surface area contributed by atoms with E-state index in [0.29, 0.717) is 19.5 Å². The molecule has 0 bridgehead atoms. The van der Waals surface area contributed by atoms with E-state index < -0.39 is 12.0 Å². The number of hydrogen-bond acceptors (Lipinski definition) is 2. The van der Waals surface area contributed by atoms with Crippen molar-refractivity contribution in [1.82, 2.24) is 10.2 Å². The first-order chi connectivity index (χ1) is 9.99. The first kappa shape index (κ1) is 15.1. The number of hydrogen-bond donors (Lipinski definition) is 2. The summed E-state index contributed by atoms with van der Waals surface area (Å²) in [7, 11) is 0. The van der Waals surface area contributed by atoms with Gasteiger partial charge in [-0.2, -0.15) is 0 Å². The molecule has 5 nitrogen and oxygen atoms in total. The fraction of sp³-hybridized carbons (Fsp3) is 0.375. The standard InChI is InChI=1S/C16H20N2O3/c1-11(2)7-8-17-16(21)18-10-13-6-4-3-5-12(13)9-14(18)15(19)20/h3-7,14H,8-10H2,1-2H3,(H,17,21)(H,19,20). The molecule has 0 saturated heterocycles. The molecule has 0 radical (unpaired) electrons. The van der Waals surface area contributed by atoms with Gasteiger partial charge in [-0.05, 0) is 25.0 Å². The van der Waals surface area contributed by atoms with Gasteiger partial charge >= 0.3 is 12.0 Å². The smallest absolute Gasteiger partial charge is 0.326 e. The van der Waals surface area contributed by atoms with Gasteiger partial charge in [-0.15, -0.1) is 0 Å². The summed E-state index contributed by atoms with van der Waals surface area (Å²) in [5.74, 6) is -0.970. The van der Waals surface area contributed by atoms with Crippen molar-refractivity contribution in [3.63, 3.8) is 0 Å². The molecule has 0 aliphatic carbocycles. The number of rotatable bonds is 3. The van der Waals surface area contributed by atoms with Crippen molar-refractivity contribution in [3.05, 3.63) is 47.0 Å². The van der Waals surface area contributed by atoms with Crippen LogP contribution in [0.3, 0.4) is 0 Å². The number of carboxylic acids is 1. The molecular formula is C16H20N2O3. The lowest BCUT2D eigenvalue weighted by Gasteiger charge is -2.34. The number of allylic oxidation sites excluding steroid dienone is 1. The number of urea groups is 1. The van der Waals surface area contributed by atoms with E-state index in [0.717, 1.165) is 16.7 Å². The Labute approximate surface area is 124 Å². The second kappa shape index (κ2) is 6.43. The average molecular weight is 288 g/mol. The molecule has 1 atom stereocenters. The molecule has 0 saturated carbocycles. The molecule has 0 fully saturated rings. The third-order valence-corrected chi connectivity index (χ3v) is 3.56. The largest absolute Gasteiger partial charge is 0.480 e. The quantitative estimate of drug-likeness (QED) is 0.838. The lowest BCUT2D eigenvalue weighted by Crippen LogP contribution is -2.52. The molecule has 2 N–H and O–H groups in total. The maximum Gasteiger partial charge on any atom is 0.326 e. The Morgan fingerprint density at radius 1 is 1.33 bits per heavy atom. The molecule has 1 aliphatic rings. The predicted molar refractivity (Wildman–Crippen MR) is 79.9 cm³/mol. The molecule has 5 heteroatoms. The van der Waals surface area contributed by atoms with Crippen LogP contribution in [0.1, 0.15) is 25.0 Å². The van der Waals surface area contributed by atoms with E-state index in [9.17, 15) is 14.7 Å². The summed E-state index contributed by atoms with van der Waals surface area (Å²) in [6.45, 7) is 4.63. The van der Waals surface area contributed by atoms with Gasteiger partial charge in [0.05, 0.1) is 0 Å². The summed E-state index contributed by atoms with van der Waals surface area (Å²) in [6.07, 6.45) is 2.24. The zero-order valence-corrected chi connectivity index (χ0v) is 12.3. The molecule has 1 aliphatic heterocycles. The molecule has 1 heterocycles. The van der Waals surface area contributed by atoms with E-state index in [1.165, 1.54) is 4.90 Å². The van der Waals surface area contributed by atoms with Gasteiger partial charge in [-0.25, -0.2) is 9.59 Å². The number of carbonyl (C=O) groups is 2. The fourth-order valence-corrected chi connectivity index (χ4v) is 2.40. The van der Waals surface area contributed by atoms with Crippen LogP contribution in [0.15, 0.2) is 35.9 Å². The molecule has 2 rings (SSSR count). The third-order valence-electron chi connectivity index (χ3n) is 3.56. The maximum absolute atomic E-state index is 12.2. The van der Waals surface area contributed by atoms with E-state index >= 15 is 0 Å². The van der Waals surface area contributed by atoms with Crippen molar-refractivity contribution in [3.8, 4) is 0 Å². The number of aliphatic carboxylic acids is 1. The van der Waals surface area contributed by atoms with Gasteiger partial charge in [0.25, 0.3) is 0 Å². The summed E-state index contributed by atoms with van der Waals surface area (Å²) in [6, 6.07) is 6.50. The van der Waals surface area contributed by atoms with Crippen molar-refractivity contribution in [2.45, 2.75) is 32.9 Å². The second-order valence-electron chi connectivity index (χ2n) is 5.42. The minimum absolute atomic E-state index is 0.327. The van der Waals surface area contributed by atoms with Crippen molar-refractivity contribution in [2.75, 3.05) is 6.54 Å². The van der Waals surface area contributed by atoms with Crippen LogP contribution < -0.4 is 5.32 Å². The maximum atomic E-state index is 12.2. The van der Waals surface area contributed by atoms with Gasteiger partial charge in [-0.1, -0.05) is 35.9 Å². The van der Waals surface area contributed by atoms with Crippen LogP contribution in [0.25, 0.3) is 0 Å². The molecule has 112 valence electrons. The number of fused-ring (bicyclic) bond motifs is 1. The highest BCUT2D eigenvalue weighted by molar-refractivity contribution is 5.83. The zero-order valence-electron chi connectivity index (χ0n) is 12.3. The van der Waals surface area contributed by atoms with Crippen LogP contribution in [-0.4, -0.2) is 34.6 Å². The summed E-state index contributed by atoms with van der Waals surface area (Å²) >= 11 is 0. The average Bonchev–Trinajstić information content (AvgIpc) is 2.45. The van der Waals surface area contributed by atoms with Crippen LogP contribution in [0.4, 0.5) is 4.79 Å². The molecule has 1 aromatic carbocycles. The fourth-order valence-electron chi connectivity index (χ4n) is 2.40. The number of amides is 2. The van der Waals surface area contributed by atoms with Gasteiger partial charge in [0, 0.05) is 19.5 Å². The number of carbonyl (C=O) groups excluding carboxylic acids is 1. The highest BCUT2D eigenvalue weighted by Gasteiger charge is 2.34. The lowest BCUT2D eigenvalue weighted by atomic mass is 9.94. The van der Waals surface area contributed by atoms with Crippen molar-refractivity contribution < 1.29 is 14.7 Å². The SMILES string of the molecule is CC(C)=CCNC(=O)N1Cc2ccccc2CC1C(=O)O. The third kappa shape index (κ3) is 3.62. The van der Waals surface area contributed by atoms with Crippen LogP contribution in [0.5, 0.6) is 0 Å². The minimum atomic E-state index is -0.970. The first-order valence-corrected chi connectivity index (χ1v) is 6.96. The Morgan fingerprint density at radius 2 is 2.00 bits per heavy atom. The summed E-state index contributed by atoms with van der Waals surface area (Å²) in [5, 5.41) is 12.1. The summed E-state index contributed by atoms with van der Waals surface area (Å²) in [4.78, 5) is 25.0. The normalized spacial score (nSPS) is 16.9. The molecule has 0 aromatic heterocycles. The molecule has 0 spiro atoms. The Kier molecular flexibility index (Phi) is 4.62. The summed E-state index contributed by atoms with van der Waals surface area (Å²) in [5.41, 5.74) is 3.11. The van der Waals surface area contributed by atoms with E-state index in [1.54, 1.807) is 0 Å². The van der Waals surface area contributed by atoms with E-state index in [2.05, 4.69) is 5.32 Å². The van der Waals surface area contributed by atoms with Crippen LogP contribution in [-0.2, 0) is 17.8 Å². The van der Waals surface area contributed by atoms with E-state index in [1.807, 2.05) is 44.2 Å². The van der Waals surface area contributed by atoms with Gasteiger partial charge < -0.3 is 15.3 Å². The van der Waals surface area contributed by atoms with Gasteiger partial charge in [0.2, 0.25) is 0 Å². The number of carboxylic acid groups (broad SMARTS) is 1. The number of benzene rings is 1. The molecule has 1 aromatic rings. The molecule has 1 unspecified atom stereocenters. The Balaban J connectivity index is 2.14. The Hall–Kier alpha value is -2.30. The van der Waals surface area contributed by atoms with Crippen molar-refractivity contribution in [2.24, 2.45) is 0 Å². The number of nitrogens with one attached hydrogen (secondary N) is 1. The van der Waals surface area contributed by atoms with Gasteiger partial charge in [0.15, 0.2) is 0 Å². The van der Waals surface area contributed by atoms with Crippen LogP contribution in [0, 0.1) is 0 Å². The van der Waals surface area contributed by atoms with Crippen LogP contribution in [0.2, 0.25) is 0 Å². The molecule has 2 amide bonds. The molecule has 21 heavy (non-hydrogen) atoms. The topological polar surface area (TPSA) is 69.6 Å². The van der Waals surface area contributed by atoms with Crippen molar-refractivity contribution >= 4 is 12.0 Å². The first-order valence-electron chi connectivity index (χ1n) is 6.96. The minimum Gasteiger partial charge on any atom is -0.480 e. The van der Waals surface area contributed by atoms with Crippen molar-refractivity contribution in [1.29, 1.82) is 0 Å². The van der Waals surface area contributed by atoms with Crippen LogP contribution >= 0.6 is 0 Å². The Morgan fingerprint density at radius 3 is 2.62 bits per heavy atom. The lowest BCUT2D eigenvalue weighted by molar-refractivity contribution is -0.142. The number of nitrogens with zero attached hydrogens (tertiary/aromatic N) is 1. The van der Waals surface area contributed by atoms with Gasteiger partial charge in [0.1, 0.15) is 6.04 Å².